The number of carbonyl (C=O) groups excluding carboxylic acids is 1. The molecule has 0 spiro atoms. The normalized spacial score (nSPS) is 19.3. The fraction of sp³-hybridized carbons (Fsp3) is 0.889. The van der Waals surface area contributed by atoms with Crippen LogP contribution in [0.2, 0.25) is 0 Å². The third-order valence-electron chi connectivity index (χ3n) is 14.9. The van der Waals surface area contributed by atoms with Gasteiger partial charge in [-0.05, 0) is 57.8 Å². The van der Waals surface area contributed by atoms with Crippen LogP contribution in [0.5, 0.6) is 0 Å². The van der Waals surface area contributed by atoms with E-state index in [1.54, 1.807) is 6.08 Å². The Balaban J connectivity index is 2.21. The van der Waals surface area contributed by atoms with Gasteiger partial charge in [-0.15, -0.1) is 0 Å². The Labute approximate surface area is 444 Å². The van der Waals surface area contributed by atoms with Gasteiger partial charge in [-0.1, -0.05) is 275 Å². The fourth-order valence-corrected chi connectivity index (χ4v) is 9.99. The molecular weight excluding hydrogens is 899 g/mol. The summed E-state index contributed by atoms with van der Waals surface area (Å²) in [5.74, 6) is -0.185. The number of aliphatic hydroxyl groups excluding tert-OH is 5. The van der Waals surface area contributed by atoms with E-state index in [1.165, 1.54) is 244 Å². The van der Waals surface area contributed by atoms with Gasteiger partial charge in [-0.2, -0.15) is 0 Å². The van der Waals surface area contributed by atoms with Crippen LogP contribution in [-0.2, 0) is 14.3 Å². The van der Waals surface area contributed by atoms with Gasteiger partial charge in [-0.25, -0.2) is 0 Å². The highest BCUT2D eigenvalue weighted by Gasteiger charge is 2.44. The average Bonchev–Trinajstić information content (AvgIpc) is 3.38. The summed E-state index contributed by atoms with van der Waals surface area (Å²) in [6.45, 7) is 3.80. The van der Waals surface area contributed by atoms with Gasteiger partial charge in [0.15, 0.2) is 6.29 Å². The van der Waals surface area contributed by atoms with Gasteiger partial charge >= 0.3 is 0 Å². The van der Waals surface area contributed by atoms with Crippen LogP contribution in [0.1, 0.15) is 303 Å². The van der Waals surface area contributed by atoms with Crippen molar-refractivity contribution in [2.75, 3.05) is 13.2 Å². The van der Waals surface area contributed by atoms with E-state index in [2.05, 4.69) is 43.5 Å². The maximum Gasteiger partial charge on any atom is 0.220 e. The minimum absolute atomic E-state index is 0.185. The summed E-state index contributed by atoms with van der Waals surface area (Å²) in [6.07, 6.45) is 62.3. The molecule has 0 radical (unpaired) electrons. The Kier molecular flexibility index (Phi) is 50.2. The zero-order valence-corrected chi connectivity index (χ0v) is 47.2. The smallest absolute Gasteiger partial charge is 0.220 e. The number of carbonyl (C=O) groups is 1. The number of nitrogens with one attached hydrogen (secondary N) is 1. The maximum absolute atomic E-state index is 13.1. The topological polar surface area (TPSA) is 149 Å². The molecule has 0 aromatic heterocycles. The molecule has 1 aliphatic rings. The molecule has 1 heterocycles. The van der Waals surface area contributed by atoms with Gasteiger partial charge in [0.2, 0.25) is 5.91 Å². The van der Waals surface area contributed by atoms with Crippen molar-refractivity contribution in [1.82, 2.24) is 5.32 Å². The molecule has 7 unspecified atom stereocenters. The number of hydrogen-bond donors (Lipinski definition) is 6. The Morgan fingerprint density at radius 3 is 1.17 bits per heavy atom. The third kappa shape index (κ3) is 41.6. The average molecular weight is 1020 g/mol. The Bertz CT molecular complexity index is 1230. The van der Waals surface area contributed by atoms with E-state index in [4.69, 9.17) is 9.47 Å². The van der Waals surface area contributed by atoms with Crippen LogP contribution < -0.4 is 5.32 Å². The van der Waals surface area contributed by atoms with E-state index >= 15 is 0 Å². The predicted molar refractivity (Wildman–Crippen MR) is 304 cm³/mol. The number of hydrogen-bond acceptors (Lipinski definition) is 8. The molecule has 6 N–H and O–H groups in total. The maximum atomic E-state index is 13.1. The molecule has 0 aromatic carbocycles. The van der Waals surface area contributed by atoms with Gasteiger partial charge in [-0.3, -0.25) is 4.79 Å². The number of aliphatic hydroxyl groups is 5. The minimum atomic E-state index is -1.57. The standard InChI is InChI=1S/C63H119NO8/c1-3-5-7-9-11-13-15-17-19-21-23-25-27-29-31-33-35-37-39-41-43-45-47-49-51-53-59(67)64-56(55-71-63-62(70)61(69)60(68)58(54-65)72-63)57(66)52-50-48-46-44-42-40-38-36-34-32-30-28-26-24-22-20-18-16-14-12-10-8-6-4-2/h29,31,42,44,50,52,56-58,60-63,65-66,68-70H,3-28,30,32-41,43,45-49,51,53-55H2,1-2H3,(H,64,67)/b31-29-,44-42+,52-50+. The lowest BCUT2D eigenvalue weighted by Crippen LogP contribution is -2.60. The lowest BCUT2D eigenvalue weighted by molar-refractivity contribution is -0.302. The summed E-state index contributed by atoms with van der Waals surface area (Å²) in [6, 6.07) is -0.823. The number of rotatable bonds is 54. The summed E-state index contributed by atoms with van der Waals surface area (Å²) in [5.41, 5.74) is 0. The van der Waals surface area contributed by atoms with Crippen molar-refractivity contribution in [1.29, 1.82) is 0 Å². The second-order valence-corrected chi connectivity index (χ2v) is 21.8. The predicted octanol–water partition coefficient (Wildman–Crippen LogP) is 15.9. The largest absolute Gasteiger partial charge is 0.394 e. The Hall–Kier alpha value is -1.59. The first-order valence-electron chi connectivity index (χ1n) is 31.2. The summed E-state index contributed by atoms with van der Waals surface area (Å²) < 4.78 is 11.3. The molecule has 9 nitrogen and oxygen atoms in total. The van der Waals surface area contributed by atoms with Crippen LogP contribution in [0.15, 0.2) is 36.5 Å². The zero-order chi connectivity index (χ0) is 52.2. The van der Waals surface area contributed by atoms with Gasteiger partial charge in [0.25, 0.3) is 0 Å². The first kappa shape index (κ1) is 68.4. The van der Waals surface area contributed by atoms with E-state index in [9.17, 15) is 30.3 Å². The molecule has 0 aliphatic carbocycles. The molecule has 0 saturated carbocycles. The van der Waals surface area contributed by atoms with Crippen LogP contribution in [0.25, 0.3) is 0 Å². The highest BCUT2D eigenvalue weighted by molar-refractivity contribution is 5.76. The summed E-state index contributed by atoms with van der Waals surface area (Å²) >= 11 is 0. The first-order chi connectivity index (χ1) is 35.3. The van der Waals surface area contributed by atoms with Crippen LogP contribution >= 0.6 is 0 Å². The molecule has 1 saturated heterocycles. The molecule has 0 bridgehead atoms. The van der Waals surface area contributed by atoms with Crippen molar-refractivity contribution >= 4 is 5.91 Å². The van der Waals surface area contributed by atoms with Crippen LogP contribution in [-0.4, -0.2) is 87.5 Å². The van der Waals surface area contributed by atoms with Gasteiger partial charge in [0.05, 0.1) is 25.4 Å². The molecule has 1 rings (SSSR count). The van der Waals surface area contributed by atoms with Crippen molar-refractivity contribution in [2.24, 2.45) is 0 Å². The van der Waals surface area contributed by atoms with Crippen molar-refractivity contribution in [3.05, 3.63) is 36.5 Å². The molecule has 424 valence electrons. The van der Waals surface area contributed by atoms with Crippen molar-refractivity contribution < 1.29 is 39.8 Å². The number of ether oxygens (including phenoxy) is 2. The van der Waals surface area contributed by atoms with Crippen molar-refractivity contribution in [3.63, 3.8) is 0 Å². The van der Waals surface area contributed by atoms with Crippen LogP contribution in [0, 0.1) is 0 Å². The lowest BCUT2D eigenvalue weighted by Gasteiger charge is -2.40. The van der Waals surface area contributed by atoms with E-state index < -0.39 is 49.5 Å². The van der Waals surface area contributed by atoms with Crippen LogP contribution in [0.3, 0.4) is 0 Å². The van der Waals surface area contributed by atoms with Gasteiger partial charge < -0.3 is 40.3 Å². The minimum Gasteiger partial charge on any atom is -0.394 e. The lowest BCUT2D eigenvalue weighted by atomic mass is 9.99. The molecule has 9 heteroatoms. The fourth-order valence-electron chi connectivity index (χ4n) is 9.99. The van der Waals surface area contributed by atoms with Crippen molar-refractivity contribution in [2.45, 2.75) is 346 Å². The highest BCUT2D eigenvalue weighted by Crippen LogP contribution is 2.23. The zero-order valence-electron chi connectivity index (χ0n) is 47.2. The van der Waals surface area contributed by atoms with Crippen LogP contribution in [0.4, 0.5) is 0 Å². The van der Waals surface area contributed by atoms with Crippen molar-refractivity contribution in [3.8, 4) is 0 Å². The number of unbranched alkanes of at least 4 members (excludes halogenated alkanes) is 40. The summed E-state index contributed by atoms with van der Waals surface area (Å²) in [5, 5.41) is 54.6. The Morgan fingerprint density at radius 2 is 0.792 bits per heavy atom. The molecule has 7 atom stereocenters. The Morgan fingerprint density at radius 1 is 0.458 bits per heavy atom. The number of allylic oxidation sites excluding steroid dienone is 5. The van der Waals surface area contributed by atoms with E-state index in [0.717, 1.165) is 38.5 Å². The summed E-state index contributed by atoms with van der Waals surface area (Å²) in [7, 11) is 0. The summed E-state index contributed by atoms with van der Waals surface area (Å²) in [4.78, 5) is 13.1. The quantitative estimate of drug-likeness (QED) is 0.0261. The highest BCUT2D eigenvalue weighted by atomic mass is 16.7. The van der Waals surface area contributed by atoms with E-state index in [0.29, 0.717) is 6.42 Å². The van der Waals surface area contributed by atoms with Gasteiger partial charge in [0, 0.05) is 6.42 Å². The third-order valence-corrected chi connectivity index (χ3v) is 14.9. The SMILES string of the molecule is CCCCCCCCCCCCCC/C=C\CCCCCCCCCCCC(=O)NC(COC1OC(CO)C(O)C(O)C1O)C(O)/C=C/CC/C=C/CCCCCCCCCCCCCCCCCCCC. The molecular formula is C63H119NO8. The number of amides is 1. The molecule has 1 aliphatic heterocycles. The van der Waals surface area contributed by atoms with E-state index in [-0.39, 0.29) is 12.5 Å². The monoisotopic (exact) mass is 1020 g/mol. The molecule has 72 heavy (non-hydrogen) atoms. The first-order valence-corrected chi connectivity index (χ1v) is 31.2. The second-order valence-electron chi connectivity index (χ2n) is 21.8. The molecule has 0 aromatic rings. The van der Waals surface area contributed by atoms with E-state index in [1.807, 2.05) is 6.08 Å². The molecule has 1 fully saturated rings. The second kappa shape index (κ2) is 52.8. The molecule has 1 amide bonds. The van der Waals surface area contributed by atoms with Gasteiger partial charge in [0.1, 0.15) is 24.4 Å².